The minimum atomic E-state index is -0.0215. The first-order chi connectivity index (χ1) is 7.38. The average Bonchev–Trinajstić information content (AvgIpc) is 2.58. The van der Waals surface area contributed by atoms with Gasteiger partial charge in [-0.3, -0.25) is 4.79 Å². The summed E-state index contributed by atoms with van der Waals surface area (Å²) in [4.78, 5) is 13.8. The summed E-state index contributed by atoms with van der Waals surface area (Å²) >= 11 is 0. The van der Waals surface area contributed by atoms with Crippen LogP contribution in [-0.4, -0.2) is 47.2 Å². The first-order valence-corrected chi connectivity index (χ1v) is 5.15. The number of rotatable bonds is 1. The summed E-state index contributed by atoms with van der Waals surface area (Å²) < 4.78 is 0. The van der Waals surface area contributed by atoms with E-state index in [1.165, 1.54) is 0 Å². The topological polar surface area (TPSA) is 58.1 Å². The Bertz CT molecular complexity index is 319. The zero-order valence-electron chi connectivity index (χ0n) is 8.52. The van der Waals surface area contributed by atoms with Crippen LogP contribution in [0.5, 0.6) is 0 Å². The van der Waals surface area contributed by atoms with Gasteiger partial charge in [0, 0.05) is 25.8 Å². The van der Waals surface area contributed by atoms with E-state index in [0.717, 1.165) is 32.6 Å². The summed E-state index contributed by atoms with van der Waals surface area (Å²) in [5.41, 5.74) is 0.430. The molecule has 1 N–H and O–H groups in total. The van der Waals surface area contributed by atoms with Crippen LogP contribution in [0, 0.1) is 0 Å². The van der Waals surface area contributed by atoms with Crippen LogP contribution in [0.15, 0.2) is 18.3 Å². The first-order valence-electron chi connectivity index (χ1n) is 5.15. The van der Waals surface area contributed by atoms with E-state index in [1.807, 2.05) is 4.90 Å². The van der Waals surface area contributed by atoms with Gasteiger partial charge in [0.05, 0.1) is 0 Å². The SMILES string of the molecule is O=C(c1cccnn1)N1CCCNCC1. The van der Waals surface area contributed by atoms with Crippen molar-refractivity contribution < 1.29 is 4.79 Å². The van der Waals surface area contributed by atoms with Gasteiger partial charge >= 0.3 is 0 Å². The molecule has 0 aliphatic carbocycles. The third-order valence-corrected chi connectivity index (χ3v) is 2.42. The molecule has 0 bridgehead atoms. The van der Waals surface area contributed by atoms with E-state index in [4.69, 9.17) is 0 Å². The Morgan fingerprint density at radius 2 is 2.33 bits per heavy atom. The molecule has 0 spiro atoms. The molecule has 0 unspecified atom stereocenters. The molecule has 0 atom stereocenters. The van der Waals surface area contributed by atoms with Crippen LogP contribution in [-0.2, 0) is 0 Å². The van der Waals surface area contributed by atoms with Gasteiger partial charge in [-0.05, 0) is 25.1 Å². The predicted molar refractivity (Wildman–Crippen MR) is 55.4 cm³/mol. The molecule has 80 valence electrons. The molecular weight excluding hydrogens is 192 g/mol. The van der Waals surface area contributed by atoms with Crippen molar-refractivity contribution >= 4 is 5.91 Å². The van der Waals surface area contributed by atoms with E-state index in [9.17, 15) is 4.79 Å². The molecule has 0 saturated carbocycles. The summed E-state index contributed by atoms with van der Waals surface area (Å²) in [5, 5.41) is 10.8. The maximum Gasteiger partial charge on any atom is 0.274 e. The highest BCUT2D eigenvalue weighted by atomic mass is 16.2. The predicted octanol–water partition coefficient (Wildman–Crippen LogP) is -0.0879. The smallest absolute Gasteiger partial charge is 0.274 e. The van der Waals surface area contributed by atoms with E-state index < -0.39 is 0 Å². The molecule has 0 radical (unpaired) electrons. The normalized spacial score (nSPS) is 17.2. The van der Waals surface area contributed by atoms with Crippen LogP contribution in [0.3, 0.4) is 0 Å². The molecule has 1 aliphatic heterocycles. The molecule has 2 rings (SSSR count). The summed E-state index contributed by atoms with van der Waals surface area (Å²) in [6.07, 6.45) is 2.56. The quantitative estimate of drug-likeness (QED) is 0.697. The number of hydrogen-bond donors (Lipinski definition) is 1. The summed E-state index contributed by atoms with van der Waals surface area (Å²) in [6, 6.07) is 3.43. The van der Waals surface area contributed by atoms with Crippen molar-refractivity contribution in [3.63, 3.8) is 0 Å². The van der Waals surface area contributed by atoms with Gasteiger partial charge < -0.3 is 10.2 Å². The van der Waals surface area contributed by atoms with Crippen molar-refractivity contribution in [3.8, 4) is 0 Å². The van der Waals surface area contributed by atoms with E-state index >= 15 is 0 Å². The Hall–Kier alpha value is -1.49. The highest BCUT2D eigenvalue weighted by Crippen LogP contribution is 2.02. The minimum Gasteiger partial charge on any atom is -0.336 e. The lowest BCUT2D eigenvalue weighted by Crippen LogP contribution is -2.34. The van der Waals surface area contributed by atoms with Gasteiger partial charge in [-0.15, -0.1) is 5.10 Å². The van der Waals surface area contributed by atoms with E-state index in [0.29, 0.717) is 5.69 Å². The van der Waals surface area contributed by atoms with Crippen molar-refractivity contribution in [1.82, 2.24) is 20.4 Å². The highest BCUT2D eigenvalue weighted by Gasteiger charge is 2.17. The Kier molecular flexibility index (Phi) is 3.24. The molecule has 1 aromatic rings. The molecular formula is C10H14N4O. The molecule has 1 amide bonds. The Balaban J connectivity index is 2.06. The number of nitrogens with one attached hydrogen (secondary N) is 1. The molecule has 5 heteroatoms. The number of nitrogens with zero attached hydrogens (tertiary/aromatic N) is 3. The molecule has 2 heterocycles. The van der Waals surface area contributed by atoms with Crippen LogP contribution in [0.1, 0.15) is 16.9 Å². The summed E-state index contributed by atoms with van der Waals surface area (Å²) in [7, 11) is 0. The fourth-order valence-electron chi connectivity index (χ4n) is 1.63. The molecule has 1 fully saturated rings. The first kappa shape index (κ1) is 10.0. The van der Waals surface area contributed by atoms with Crippen LogP contribution < -0.4 is 5.32 Å². The van der Waals surface area contributed by atoms with E-state index in [-0.39, 0.29) is 5.91 Å². The lowest BCUT2D eigenvalue weighted by Gasteiger charge is -2.18. The van der Waals surface area contributed by atoms with Crippen LogP contribution in [0.25, 0.3) is 0 Å². The molecule has 15 heavy (non-hydrogen) atoms. The molecule has 1 aromatic heterocycles. The van der Waals surface area contributed by atoms with Gasteiger partial charge in [-0.25, -0.2) is 0 Å². The zero-order chi connectivity index (χ0) is 10.5. The van der Waals surface area contributed by atoms with Gasteiger partial charge in [0.15, 0.2) is 5.69 Å². The number of carbonyl (C=O) groups excluding carboxylic acids is 1. The minimum absolute atomic E-state index is 0.0215. The number of carbonyl (C=O) groups is 1. The number of amides is 1. The maximum atomic E-state index is 11.9. The fourth-order valence-corrected chi connectivity index (χ4v) is 1.63. The van der Waals surface area contributed by atoms with Gasteiger partial charge in [0.25, 0.3) is 5.91 Å². The van der Waals surface area contributed by atoms with Crippen molar-refractivity contribution in [2.45, 2.75) is 6.42 Å². The molecule has 5 nitrogen and oxygen atoms in total. The zero-order valence-corrected chi connectivity index (χ0v) is 8.52. The van der Waals surface area contributed by atoms with Crippen molar-refractivity contribution in [1.29, 1.82) is 0 Å². The van der Waals surface area contributed by atoms with E-state index in [2.05, 4.69) is 15.5 Å². The molecule has 0 aromatic carbocycles. The Morgan fingerprint density at radius 3 is 3.13 bits per heavy atom. The van der Waals surface area contributed by atoms with Gasteiger partial charge in [0.2, 0.25) is 0 Å². The largest absolute Gasteiger partial charge is 0.336 e. The monoisotopic (exact) mass is 206 g/mol. The summed E-state index contributed by atoms with van der Waals surface area (Å²) in [6.45, 7) is 3.37. The molecule has 1 aliphatic rings. The second-order valence-electron chi connectivity index (χ2n) is 3.50. The third kappa shape index (κ3) is 2.50. The third-order valence-electron chi connectivity index (χ3n) is 2.42. The van der Waals surface area contributed by atoms with Crippen molar-refractivity contribution in [2.24, 2.45) is 0 Å². The second-order valence-corrected chi connectivity index (χ2v) is 3.50. The van der Waals surface area contributed by atoms with Crippen molar-refractivity contribution in [2.75, 3.05) is 26.2 Å². The number of aromatic nitrogens is 2. The summed E-state index contributed by atoms with van der Waals surface area (Å²) in [5.74, 6) is -0.0215. The fraction of sp³-hybridized carbons (Fsp3) is 0.500. The van der Waals surface area contributed by atoms with Gasteiger partial charge in [-0.2, -0.15) is 5.10 Å². The Labute approximate surface area is 88.5 Å². The Morgan fingerprint density at radius 1 is 1.40 bits per heavy atom. The van der Waals surface area contributed by atoms with Gasteiger partial charge in [0.1, 0.15) is 0 Å². The van der Waals surface area contributed by atoms with Crippen LogP contribution in [0.4, 0.5) is 0 Å². The highest BCUT2D eigenvalue weighted by molar-refractivity contribution is 5.92. The van der Waals surface area contributed by atoms with E-state index in [1.54, 1.807) is 18.3 Å². The maximum absolute atomic E-state index is 11.9. The van der Waals surface area contributed by atoms with Crippen molar-refractivity contribution in [3.05, 3.63) is 24.0 Å². The van der Waals surface area contributed by atoms with Gasteiger partial charge in [-0.1, -0.05) is 0 Å². The second kappa shape index (κ2) is 4.84. The average molecular weight is 206 g/mol. The number of hydrogen-bond acceptors (Lipinski definition) is 4. The molecule has 1 saturated heterocycles. The lowest BCUT2D eigenvalue weighted by molar-refractivity contribution is 0.0759. The lowest BCUT2D eigenvalue weighted by atomic mass is 10.3. The standard InChI is InChI=1S/C10H14N4O/c15-10(9-3-1-5-12-13-9)14-7-2-4-11-6-8-14/h1,3,5,11H,2,4,6-8H2. The van der Waals surface area contributed by atoms with Crippen LogP contribution >= 0.6 is 0 Å². The van der Waals surface area contributed by atoms with Crippen LogP contribution in [0.2, 0.25) is 0 Å².